The summed E-state index contributed by atoms with van der Waals surface area (Å²) in [6.07, 6.45) is 0.369. The molecule has 6 amide bonds. The SMILES string of the molecule is CC(C)[C@H](NC(=O)[C@H](Cc1c[nH]c2ccccc12)NC(=O)[C@H](CO)NC(=O)[C@H](CCC(=O)O)NC(=O)[C@H](Cc1c[nH]c2ccccc12)NC(=O)[C@H](CC(=O)O)NC(=O)[C@@H](N)CO)C(=O)O. The summed E-state index contributed by atoms with van der Waals surface area (Å²) >= 11 is 0. The zero-order valence-electron chi connectivity index (χ0n) is 35.3. The van der Waals surface area contributed by atoms with E-state index in [9.17, 15) is 68.7 Å². The Kier molecular flexibility index (Phi) is 18.1. The van der Waals surface area contributed by atoms with Crippen molar-refractivity contribution in [3.8, 4) is 0 Å². The number of carboxylic acid groups (broad SMARTS) is 3. The van der Waals surface area contributed by atoms with Gasteiger partial charge in [0.25, 0.3) is 0 Å². The second-order valence-electron chi connectivity index (χ2n) is 15.5. The molecule has 15 N–H and O–H groups in total. The van der Waals surface area contributed by atoms with Crippen LogP contribution in [0.15, 0.2) is 60.9 Å². The molecule has 2 aromatic carbocycles. The fraction of sp³-hybridized carbons (Fsp3) is 0.405. The lowest BCUT2D eigenvalue weighted by molar-refractivity contribution is -0.143. The Balaban J connectivity index is 1.61. The molecular weight excluding hydrogens is 855 g/mol. The van der Waals surface area contributed by atoms with Crippen LogP contribution >= 0.6 is 0 Å². The van der Waals surface area contributed by atoms with E-state index in [0.29, 0.717) is 32.9 Å². The van der Waals surface area contributed by atoms with Gasteiger partial charge in [-0.2, -0.15) is 0 Å². The summed E-state index contributed by atoms with van der Waals surface area (Å²) in [7, 11) is 0. The van der Waals surface area contributed by atoms with Crippen LogP contribution in [-0.4, -0.2) is 144 Å². The number of aromatic amines is 2. The maximum Gasteiger partial charge on any atom is 0.326 e. The Bertz CT molecular complexity index is 2380. The normalized spacial score (nSPS) is 14.5. The zero-order valence-corrected chi connectivity index (χ0v) is 35.3. The maximum absolute atomic E-state index is 14.1. The number of aliphatic carboxylic acids is 3. The second-order valence-corrected chi connectivity index (χ2v) is 15.5. The third kappa shape index (κ3) is 14.1. The van der Waals surface area contributed by atoms with Gasteiger partial charge in [0.2, 0.25) is 35.4 Å². The molecule has 0 aliphatic heterocycles. The molecule has 4 aromatic rings. The quantitative estimate of drug-likeness (QED) is 0.0334. The molecule has 0 aliphatic carbocycles. The highest BCUT2D eigenvalue weighted by atomic mass is 16.4. The van der Waals surface area contributed by atoms with Crippen molar-refractivity contribution in [2.24, 2.45) is 11.7 Å². The highest BCUT2D eigenvalue weighted by Gasteiger charge is 2.35. The first kappa shape index (κ1) is 50.3. The van der Waals surface area contributed by atoms with Gasteiger partial charge in [-0.05, 0) is 35.6 Å². The van der Waals surface area contributed by atoms with Crippen molar-refractivity contribution in [1.82, 2.24) is 41.9 Å². The number of aromatic nitrogens is 2. The van der Waals surface area contributed by atoms with E-state index >= 15 is 0 Å². The molecule has 0 fully saturated rings. The molecule has 0 unspecified atom stereocenters. The fourth-order valence-corrected chi connectivity index (χ4v) is 6.79. The molecule has 2 heterocycles. The predicted octanol–water partition coefficient (Wildman–Crippen LogP) is -2.26. The zero-order chi connectivity index (χ0) is 48.0. The Morgan fingerprint density at radius 2 is 0.985 bits per heavy atom. The van der Waals surface area contributed by atoms with Gasteiger partial charge in [0.1, 0.15) is 42.3 Å². The number of hydrogen-bond donors (Lipinski definition) is 14. The van der Waals surface area contributed by atoms with E-state index in [2.05, 4.69) is 41.9 Å². The Hall–Kier alpha value is -7.37. The van der Waals surface area contributed by atoms with E-state index in [1.807, 2.05) is 0 Å². The summed E-state index contributed by atoms with van der Waals surface area (Å²) in [6.45, 7) is 1.21. The van der Waals surface area contributed by atoms with Gasteiger partial charge >= 0.3 is 17.9 Å². The first-order valence-corrected chi connectivity index (χ1v) is 20.4. The minimum Gasteiger partial charge on any atom is -0.481 e. The van der Waals surface area contributed by atoms with Crippen LogP contribution in [0.5, 0.6) is 0 Å². The number of nitrogens with two attached hydrogens (primary N) is 1. The molecule has 0 saturated carbocycles. The first-order chi connectivity index (χ1) is 30.8. The number of H-pyrrole nitrogens is 2. The molecule has 4 rings (SSSR count). The van der Waals surface area contributed by atoms with E-state index in [1.165, 1.54) is 6.20 Å². The summed E-state index contributed by atoms with van der Waals surface area (Å²) in [5.41, 5.74) is 7.88. The van der Waals surface area contributed by atoms with Crippen LogP contribution in [0.3, 0.4) is 0 Å². The molecular formula is C42H53N9O14. The van der Waals surface area contributed by atoms with Crippen molar-refractivity contribution in [2.45, 2.75) is 88.2 Å². The summed E-state index contributed by atoms with van der Waals surface area (Å²) < 4.78 is 0. The average molecular weight is 908 g/mol. The smallest absolute Gasteiger partial charge is 0.326 e. The van der Waals surface area contributed by atoms with Crippen LogP contribution in [0.4, 0.5) is 0 Å². The van der Waals surface area contributed by atoms with Gasteiger partial charge in [-0.15, -0.1) is 0 Å². The fourth-order valence-electron chi connectivity index (χ4n) is 6.79. The summed E-state index contributed by atoms with van der Waals surface area (Å²) in [5, 5.41) is 63.7. The molecule has 7 atom stereocenters. The number of para-hydroxylation sites is 2. The van der Waals surface area contributed by atoms with Gasteiger partial charge in [0, 0.05) is 53.5 Å². The number of rotatable bonds is 25. The molecule has 0 aliphatic rings. The van der Waals surface area contributed by atoms with Crippen LogP contribution in [0.25, 0.3) is 21.8 Å². The monoisotopic (exact) mass is 907 g/mol. The van der Waals surface area contributed by atoms with Crippen LogP contribution in [0, 0.1) is 5.92 Å². The van der Waals surface area contributed by atoms with Gasteiger partial charge < -0.3 is 73.1 Å². The molecule has 2 aromatic heterocycles. The number of carbonyl (C=O) groups excluding carboxylic acids is 6. The van der Waals surface area contributed by atoms with Crippen molar-refractivity contribution < 1.29 is 68.7 Å². The Labute approximate surface area is 370 Å². The average Bonchev–Trinajstić information content (AvgIpc) is 3.87. The number of aliphatic hydroxyl groups is 2. The third-order valence-corrected chi connectivity index (χ3v) is 10.3. The van der Waals surface area contributed by atoms with Crippen molar-refractivity contribution >= 4 is 75.2 Å². The Morgan fingerprint density at radius 1 is 0.554 bits per heavy atom. The standard InChI is InChI=1S/C42H53N9O14/c1-20(2)35(42(64)65)51-40(62)30(14-22-17-45-27-10-6-4-8-24(22)27)49-41(63)32(19-53)50-37(59)28(11-12-33(54)55)46-38(60)29(13-21-16-44-26-9-5-3-7-23(21)26)48-39(61)31(15-34(56)57)47-36(58)25(43)18-52/h3-10,16-17,20,25,28-32,35,44-45,52-53H,11-15,18-19,43H2,1-2H3,(H,46,60)(H,47,58)(H,48,61)(H,49,63)(H,50,59)(H,51,62)(H,54,55)(H,56,57)(H,64,65)/t25-,28-,29-,30-,31-,32-,35-/m0/s1. The second kappa shape index (κ2) is 23.4. The van der Waals surface area contributed by atoms with Crippen LogP contribution in [-0.2, 0) is 56.0 Å². The third-order valence-electron chi connectivity index (χ3n) is 10.3. The number of carbonyl (C=O) groups is 9. The van der Waals surface area contributed by atoms with Gasteiger partial charge in [0.05, 0.1) is 19.6 Å². The van der Waals surface area contributed by atoms with Crippen molar-refractivity contribution in [1.29, 1.82) is 0 Å². The maximum atomic E-state index is 14.1. The molecule has 0 bridgehead atoms. The van der Waals surface area contributed by atoms with E-state index in [-0.39, 0.29) is 12.8 Å². The molecule has 23 nitrogen and oxygen atoms in total. The van der Waals surface area contributed by atoms with E-state index < -0.39 is 134 Å². The number of nitrogens with one attached hydrogen (secondary N) is 8. The van der Waals surface area contributed by atoms with E-state index in [0.717, 1.165) is 0 Å². The van der Waals surface area contributed by atoms with Crippen molar-refractivity contribution in [3.05, 3.63) is 72.1 Å². The van der Waals surface area contributed by atoms with Crippen molar-refractivity contribution in [3.63, 3.8) is 0 Å². The predicted molar refractivity (Wildman–Crippen MR) is 229 cm³/mol. The first-order valence-electron chi connectivity index (χ1n) is 20.4. The number of fused-ring (bicyclic) bond motifs is 2. The summed E-state index contributed by atoms with van der Waals surface area (Å²) in [6, 6.07) is 2.54. The lowest BCUT2D eigenvalue weighted by Gasteiger charge is -2.27. The molecule has 0 radical (unpaired) electrons. The van der Waals surface area contributed by atoms with Crippen molar-refractivity contribution in [2.75, 3.05) is 13.2 Å². The number of amides is 6. The molecule has 65 heavy (non-hydrogen) atoms. The van der Waals surface area contributed by atoms with Gasteiger partial charge in [-0.1, -0.05) is 50.2 Å². The number of hydrogen-bond acceptors (Lipinski definition) is 12. The molecule has 23 heteroatoms. The van der Waals surface area contributed by atoms with Crippen LogP contribution < -0.4 is 37.6 Å². The summed E-state index contributed by atoms with van der Waals surface area (Å²) in [4.78, 5) is 123. The number of carboxylic acids is 3. The summed E-state index contributed by atoms with van der Waals surface area (Å²) in [5.74, 6) is -11.4. The number of aliphatic hydroxyl groups excluding tert-OH is 2. The van der Waals surface area contributed by atoms with Crippen LogP contribution in [0.2, 0.25) is 0 Å². The highest BCUT2D eigenvalue weighted by Crippen LogP contribution is 2.21. The number of benzene rings is 2. The topological polar surface area (TPSA) is 385 Å². The van der Waals surface area contributed by atoms with Gasteiger partial charge in [0.15, 0.2) is 0 Å². The van der Waals surface area contributed by atoms with Crippen LogP contribution in [0.1, 0.15) is 44.2 Å². The highest BCUT2D eigenvalue weighted by molar-refractivity contribution is 5.98. The minimum absolute atomic E-state index is 0.176. The van der Waals surface area contributed by atoms with E-state index in [4.69, 9.17) is 5.73 Å². The lowest BCUT2D eigenvalue weighted by Crippen LogP contribution is -2.61. The minimum atomic E-state index is -1.82. The molecule has 0 spiro atoms. The van der Waals surface area contributed by atoms with Gasteiger partial charge in [-0.25, -0.2) is 4.79 Å². The van der Waals surface area contributed by atoms with Gasteiger partial charge in [-0.3, -0.25) is 38.4 Å². The Morgan fingerprint density at radius 3 is 1.45 bits per heavy atom. The molecule has 0 saturated heterocycles. The lowest BCUT2D eigenvalue weighted by atomic mass is 10.0. The largest absolute Gasteiger partial charge is 0.481 e. The van der Waals surface area contributed by atoms with E-state index in [1.54, 1.807) is 68.6 Å². The molecule has 350 valence electrons.